The Morgan fingerprint density at radius 2 is 1.84 bits per heavy atom. The van der Waals surface area contributed by atoms with E-state index in [9.17, 15) is 5.26 Å². The van der Waals surface area contributed by atoms with Crippen molar-refractivity contribution in [1.29, 1.82) is 5.26 Å². The molecule has 0 aromatic rings. The quantitative estimate of drug-likeness (QED) is 0.284. The molecule has 4 rings (SSSR count). The van der Waals surface area contributed by atoms with Crippen LogP contribution in [-0.4, -0.2) is 6.54 Å². The third-order valence-corrected chi connectivity index (χ3v) is 11.8. The second-order valence-electron chi connectivity index (χ2n) is 15.0. The molecule has 2 nitrogen and oxygen atoms in total. The van der Waals surface area contributed by atoms with E-state index in [2.05, 4.69) is 97.0 Å². The summed E-state index contributed by atoms with van der Waals surface area (Å²) in [6.07, 6.45) is 17.5. The molecule has 0 aliphatic heterocycles. The van der Waals surface area contributed by atoms with Gasteiger partial charge in [-0.3, -0.25) is 0 Å². The van der Waals surface area contributed by atoms with Crippen LogP contribution in [0.1, 0.15) is 93.4 Å². The number of nitrogens with zero attached hydrogens (tertiary/aromatic N) is 1. The van der Waals surface area contributed by atoms with Gasteiger partial charge in [-0.1, -0.05) is 82.9 Å². The van der Waals surface area contributed by atoms with Crippen molar-refractivity contribution in [2.24, 2.45) is 50.7 Å². The highest BCUT2D eigenvalue weighted by Crippen LogP contribution is 2.70. The maximum atomic E-state index is 10.2. The van der Waals surface area contributed by atoms with E-state index in [0.29, 0.717) is 28.6 Å². The Morgan fingerprint density at radius 3 is 2.47 bits per heavy atom. The van der Waals surface area contributed by atoms with E-state index < -0.39 is 5.41 Å². The van der Waals surface area contributed by atoms with Gasteiger partial charge in [0.25, 0.3) is 0 Å². The Kier molecular flexibility index (Phi) is 7.38. The predicted molar refractivity (Wildman–Crippen MR) is 161 cm³/mol. The Bertz CT molecular complexity index is 1130. The van der Waals surface area contributed by atoms with Gasteiger partial charge in [0.1, 0.15) is 0 Å². The molecule has 7 unspecified atom stereocenters. The van der Waals surface area contributed by atoms with Gasteiger partial charge in [0.15, 0.2) is 0 Å². The molecule has 38 heavy (non-hydrogen) atoms. The van der Waals surface area contributed by atoms with Crippen LogP contribution in [0.25, 0.3) is 0 Å². The van der Waals surface area contributed by atoms with Crippen LogP contribution in [0, 0.1) is 62.1 Å². The topological polar surface area (TPSA) is 35.8 Å². The molecule has 3 saturated carbocycles. The number of allylic oxidation sites excluding steroid dienone is 7. The molecule has 0 aromatic carbocycles. The molecule has 0 radical (unpaired) electrons. The summed E-state index contributed by atoms with van der Waals surface area (Å²) in [5.41, 5.74) is 7.15. The van der Waals surface area contributed by atoms with Crippen LogP contribution in [0.3, 0.4) is 0 Å². The van der Waals surface area contributed by atoms with Crippen molar-refractivity contribution in [3.63, 3.8) is 0 Å². The molecule has 3 fully saturated rings. The first-order valence-electron chi connectivity index (χ1n) is 14.9. The first-order chi connectivity index (χ1) is 17.7. The molecule has 0 bridgehead atoms. The summed E-state index contributed by atoms with van der Waals surface area (Å²) in [7, 11) is 0. The Balaban J connectivity index is 1.82. The second kappa shape index (κ2) is 9.75. The molecule has 0 saturated heterocycles. The van der Waals surface area contributed by atoms with Crippen molar-refractivity contribution in [1.82, 2.24) is 5.32 Å². The lowest BCUT2D eigenvalue weighted by molar-refractivity contribution is -0.0919. The zero-order chi connectivity index (χ0) is 28.1. The van der Waals surface area contributed by atoms with Crippen molar-refractivity contribution < 1.29 is 0 Å². The molecule has 0 amide bonds. The maximum Gasteiger partial charge on any atom is 0.0687 e. The second-order valence-corrected chi connectivity index (χ2v) is 15.0. The van der Waals surface area contributed by atoms with Crippen molar-refractivity contribution in [3.8, 4) is 6.07 Å². The van der Waals surface area contributed by atoms with Gasteiger partial charge in [-0.25, -0.2) is 0 Å². The molecular weight excluding hydrogens is 460 g/mol. The zero-order valence-electron chi connectivity index (χ0n) is 25.3. The lowest BCUT2D eigenvalue weighted by Crippen LogP contribution is -2.59. The summed E-state index contributed by atoms with van der Waals surface area (Å²) in [6, 6.07) is 2.67. The largest absolute Gasteiger partial charge is 0.382 e. The lowest BCUT2D eigenvalue weighted by atomic mass is 9.39. The fourth-order valence-corrected chi connectivity index (χ4v) is 9.65. The van der Waals surface area contributed by atoms with Crippen molar-refractivity contribution in [3.05, 3.63) is 66.6 Å². The van der Waals surface area contributed by atoms with Crippen molar-refractivity contribution in [2.75, 3.05) is 6.54 Å². The fraction of sp³-hybridized carbons (Fsp3) is 0.667. The standard InChI is InChI=1S/C36H52N2/c1-11-13-16-35(10)29(33(7,8)23-37)15-17-34(9)27-14-18-36(24-38-26(4)12-2)20-19-32(5,6)22-28(36)31(27)25(3)21-30(34)35/h11,13,16,21,27-29,31,38H,1-3,14-15,17-20,22,24H2,4-10H3/b16-13-. The minimum absolute atomic E-state index is 0.117. The van der Waals surface area contributed by atoms with Crippen LogP contribution in [0.4, 0.5) is 0 Å². The number of rotatable bonds is 6. The first-order valence-corrected chi connectivity index (χ1v) is 14.9. The van der Waals surface area contributed by atoms with E-state index >= 15 is 0 Å². The molecule has 2 heteroatoms. The summed E-state index contributed by atoms with van der Waals surface area (Å²) in [4.78, 5) is 0. The van der Waals surface area contributed by atoms with Crippen LogP contribution >= 0.6 is 0 Å². The van der Waals surface area contributed by atoms with E-state index in [1.165, 1.54) is 43.3 Å². The molecule has 0 heterocycles. The fourth-order valence-electron chi connectivity index (χ4n) is 9.65. The van der Waals surface area contributed by atoms with Crippen LogP contribution in [0.15, 0.2) is 66.6 Å². The Morgan fingerprint density at radius 1 is 1.13 bits per heavy atom. The van der Waals surface area contributed by atoms with Crippen LogP contribution in [0.2, 0.25) is 0 Å². The number of nitriles is 1. The van der Waals surface area contributed by atoms with E-state index in [1.54, 1.807) is 0 Å². The lowest BCUT2D eigenvalue weighted by Gasteiger charge is -2.65. The van der Waals surface area contributed by atoms with Gasteiger partial charge in [0.2, 0.25) is 0 Å². The molecule has 7 atom stereocenters. The number of nitrogens with one attached hydrogen (secondary N) is 1. The van der Waals surface area contributed by atoms with E-state index in [0.717, 1.165) is 25.1 Å². The molecular formula is C36H52N2. The third kappa shape index (κ3) is 4.50. The average molecular weight is 513 g/mol. The molecule has 4 aliphatic carbocycles. The van der Waals surface area contributed by atoms with Crippen LogP contribution in [-0.2, 0) is 0 Å². The van der Waals surface area contributed by atoms with Gasteiger partial charge >= 0.3 is 0 Å². The minimum Gasteiger partial charge on any atom is -0.382 e. The smallest absolute Gasteiger partial charge is 0.0687 e. The predicted octanol–water partition coefficient (Wildman–Crippen LogP) is 9.31. The first kappa shape index (κ1) is 28.8. The van der Waals surface area contributed by atoms with Gasteiger partial charge in [0, 0.05) is 12.0 Å². The van der Waals surface area contributed by atoms with Crippen LogP contribution < -0.4 is 5.32 Å². The highest BCUT2D eigenvalue weighted by Gasteiger charge is 2.62. The molecule has 1 N–H and O–H groups in total. The average Bonchev–Trinajstić information content (AvgIpc) is 2.87. The monoisotopic (exact) mass is 512 g/mol. The molecule has 0 aromatic heterocycles. The van der Waals surface area contributed by atoms with E-state index in [-0.39, 0.29) is 16.7 Å². The molecule has 0 spiro atoms. The third-order valence-electron chi connectivity index (χ3n) is 11.8. The highest BCUT2D eigenvalue weighted by molar-refractivity contribution is 5.44. The number of hydrogen-bond acceptors (Lipinski definition) is 2. The molecule has 206 valence electrons. The highest BCUT2D eigenvalue weighted by atomic mass is 14.9. The summed E-state index contributed by atoms with van der Waals surface area (Å²) < 4.78 is 0. The normalized spacial score (nSPS) is 40.1. The van der Waals surface area contributed by atoms with Crippen molar-refractivity contribution >= 4 is 0 Å². The zero-order valence-corrected chi connectivity index (χ0v) is 25.3. The van der Waals surface area contributed by atoms with Gasteiger partial charge < -0.3 is 5.32 Å². The summed E-state index contributed by atoms with van der Waals surface area (Å²) in [6.45, 7) is 29.9. The van der Waals surface area contributed by atoms with Gasteiger partial charge in [-0.05, 0) is 106 Å². The summed E-state index contributed by atoms with van der Waals surface area (Å²) in [5, 5.41) is 13.9. The van der Waals surface area contributed by atoms with Gasteiger partial charge in [-0.2, -0.15) is 5.26 Å². The van der Waals surface area contributed by atoms with Gasteiger partial charge in [0.05, 0.1) is 17.2 Å². The number of hydrogen-bond donors (Lipinski definition) is 1. The van der Waals surface area contributed by atoms with Gasteiger partial charge in [-0.15, -0.1) is 5.73 Å². The van der Waals surface area contributed by atoms with Crippen molar-refractivity contribution in [2.45, 2.75) is 93.4 Å². The SMILES string of the molecule is C=C=C(C)NCC12CCC3C(C(=C)C=C4C(C)(/C=C\C=C)C(C(C)(C)C#N)CCC43C)C1CC(C)(C)CC2. The molecule has 4 aliphatic rings. The summed E-state index contributed by atoms with van der Waals surface area (Å²) >= 11 is 0. The van der Waals surface area contributed by atoms with Crippen LogP contribution in [0.5, 0.6) is 0 Å². The Hall–Kier alpha value is -2.23. The Labute approximate surface area is 233 Å². The van der Waals surface area contributed by atoms with E-state index in [1.807, 2.05) is 6.08 Å². The number of fused-ring (bicyclic) bond motifs is 5. The minimum atomic E-state index is -0.405. The maximum absolute atomic E-state index is 10.2. The van der Waals surface area contributed by atoms with E-state index in [4.69, 9.17) is 6.58 Å². The summed E-state index contributed by atoms with van der Waals surface area (Å²) in [5.74, 6) is 2.00.